The second-order valence-electron chi connectivity index (χ2n) is 6.39. The number of piperidine rings is 1. The van der Waals surface area contributed by atoms with Crippen LogP contribution in [-0.2, 0) is 4.74 Å². The number of carbonyl (C=O) groups excluding carboxylic acids is 1. The highest BCUT2D eigenvalue weighted by molar-refractivity contribution is 7.98. The van der Waals surface area contributed by atoms with Crippen LogP contribution in [0.5, 0.6) is 0 Å². The Morgan fingerprint density at radius 2 is 2.08 bits per heavy atom. The zero-order chi connectivity index (χ0) is 17.8. The highest BCUT2D eigenvalue weighted by Gasteiger charge is 2.38. The van der Waals surface area contributed by atoms with Crippen LogP contribution >= 0.6 is 24.0 Å². The molecule has 2 fully saturated rings. The summed E-state index contributed by atoms with van der Waals surface area (Å²) in [6.07, 6.45) is 4.71. The largest absolute Gasteiger partial charge is 0.447 e. The standard InChI is InChI=1S/C18H25N3O2S2/c1-3-13-12-23-18(22)21(13)14-8-10-20(11-9-14)17(24)19-15-6-4-5-7-16(15)25-2/h4-7,13-14H,3,8-12H2,1-2H3,(H,19,24). The van der Waals surface area contributed by atoms with Crippen molar-refractivity contribution >= 4 is 40.9 Å². The number of hydrogen-bond donors (Lipinski definition) is 1. The molecule has 0 aliphatic carbocycles. The van der Waals surface area contributed by atoms with Crippen LogP contribution in [0.15, 0.2) is 29.2 Å². The summed E-state index contributed by atoms with van der Waals surface area (Å²) >= 11 is 7.31. The van der Waals surface area contributed by atoms with E-state index in [1.165, 1.54) is 4.90 Å². The van der Waals surface area contributed by atoms with E-state index in [2.05, 4.69) is 35.5 Å². The molecule has 2 heterocycles. The molecule has 2 aliphatic rings. The number of benzene rings is 1. The van der Waals surface area contributed by atoms with E-state index in [1.54, 1.807) is 11.8 Å². The molecular weight excluding hydrogens is 354 g/mol. The molecule has 1 aromatic carbocycles. The van der Waals surface area contributed by atoms with Crippen molar-refractivity contribution in [1.82, 2.24) is 9.80 Å². The third-order valence-corrected chi connectivity index (χ3v) is 6.12. The molecule has 1 aromatic rings. The number of amides is 1. The number of ether oxygens (including phenoxy) is 1. The molecular formula is C18H25N3O2S2. The summed E-state index contributed by atoms with van der Waals surface area (Å²) in [7, 11) is 0. The van der Waals surface area contributed by atoms with Crippen LogP contribution in [0.25, 0.3) is 0 Å². The number of nitrogens with zero attached hydrogens (tertiary/aromatic N) is 2. The van der Waals surface area contributed by atoms with E-state index in [1.807, 2.05) is 17.0 Å². The molecule has 1 unspecified atom stereocenters. The number of likely N-dealkylation sites (tertiary alicyclic amines) is 1. The highest BCUT2D eigenvalue weighted by atomic mass is 32.2. The molecule has 0 saturated carbocycles. The van der Waals surface area contributed by atoms with Crippen LogP contribution in [0, 0.1) is 0 Å². The first-order valence-corrected chi connectivity index (χ1v) is 10.4. The maximum absolute atomic E-state index is 12.0. The molecule has 2 aliphatic heterocycles. The number of carbonyl (C=O) groups is 1. The van der Waals surface area contributed by atoms with Gasteiger partial charge in [-0.1, -0.05) is 19.1 Å². The summed E-state index contributed by atoms with van der Waals surface area (Å²) < 4.78 is 5.23. The molecule has 136 valence electrons. The smallest absolute Gasteiger partial charge is 0.410 e. The topological polar surface area (TPSA) is 44.8 Å². The Balaban J connectivity index is 1.57. The zero-order valence-electron chi connectivity index (χ0n) is 14.7. The minimum absolute atomic E-state index is 0.153. The fourth-order valence-electron chi connectivity index (χ4n) is 3.52. The van der Waals surface area contributed by atoms with Gasteiger partial charge in [-0.15, -0.1) is 11.8 Å². The zero-order valence-corrected chi connectivity index (χ0v) is 16.4. The van der Waals surface area contributed by atoms with Crippen molar-refractivity contribution in [2.75, 3.05) is 31.3 Å². The second kappa shape index (κ2) is 8.27. The van der Waals surface area contributed by atoms with Crippen LogP contribution < -0.4 is 5.32 Å². The van der Waals surface area contributed by atoms with Crippen molar-refractivity contribution in [3.8, 4) is 0 Å². The number of hydrogen-bond acceptors (Lipinski definition) is 4. The van der Waals surface area contributed by atoms with E-state index < -0.39 is 0 Å². The maximum atomic E-state index is 12.0. The number of cyclic esters (lactones) is 1. The summed E-state index contributed by atoms with van der Waals surface area (Å²) in [5, 5.41) is 4.14. The average molecular weight is 380 g/mol. The molecule has 5 nitrogen and oxygen atoms in total. The van der Waals surface area contributed by atoms with Gasteiger partial charge >= 0.3 is 6.09 Å². The number of nitrogens with one attached hydrogen (secondary N) is 1. The monoisotopic (exact) mass is 379 g/mol. The minimum atomic E-state index is -0.153. The van der Waals surface area contributed by atoms with Gasteiger partial charge in [0.1, 0.15) is 6.61 Å². The summed E-state index contributed by atoms with van der Waals surface area (Å²) in [6, 6.07) is 8.67. The first-order valence-electron chi connectivity index (χ1n) is 8.78. The van der Waals surface area contributed by atoms with Crippen LogP contribution in [-0.4, -0.2) is 59.0 Å². The van der Waals surface area contributed by atoms with Crippen LogP contribution in [0.4, 0.5) is 10.5 Å². The average Bonchev–Trinajstić information content (AvgIpc) is 3.03. The number of para-hydroxylation sites is 1. The third-order valence-electron chi connectivity index (χ3n) is 4.97. The molecule has 0 spiro atoms. The second-order valence-corrected chi connectivity index (χ2v) is 7.63. The van der Waals surface area contributed by atoms with Gasteiger partial charge in [0.15, 0.2) is 5.11 Å². The van der Waals surface area contributed by atoms with Gasteiger partial charge in [0, 0.05) is 24.0 Å². The van der Waals surface area contributed by atoms with Crippen molar-refractivity contribution in [3.05, 3.63) is 24.3 Å². The van der Waals surface area contributed by atoms with Gasteiger partial charge in [0.2, 0.25) is 0 Å². The summed E-state index contributed by atoms with van der Waals surface area (Å²) in [4.78, 5) is 17.4. The van der Waals surface area contributed by atoms with Crippen molar-refractivity contribution in [2.24, 2.45) is 0 Å². The Hall–Kier alpha value is -1.47. The summed E-state index contributed by atoms with van der Waals surface area (Å²) in [5.41, 5.74) is 1.05. The molecule has 1 N–H and O–H groups in total. The Morgan fingerprint density at radius 1 is 1.36 bits per heavy atom. The van der Waals surface area contributed by atoms with Crippen LogP contribution in [0.2, 0.25) is 0 Å². The Kier molecular flexibility index (Phi) is 6.06. The van der Waals surface area contributed by atoms with E-state index in [0.717, 1.165) is 43.2 Å². The van der Waals surface area contributed by atoms with Crippen LogP contribution in [0.1, 0.15) is 26.2 Å². The van der Waals surface area contributed by atoms with Gasteiger partial charge in [-0.2, -0.15) is 0 Å². The predicted molar refractivity (Wildman–Crippen MR) is 106 cm³/mol. The van der Waals surface area contributed by atoms with Crippen molar-refractivity contribution in [2.45, 2.75) is 43.2 Å². The highest BCUT2D eigenvalue weighted by Crippen LogP contribution is 2.27. The SMILES string of the molecule is CCC1COC(=O)N1C1CCN(C(=S)Nc2ccccc2SC)CC1. The number of anilines is 1. The van der Waals surface area contributed by atoms with Gasteiger partial charge in [0.05, 0.1) is 11.7 Å². The first-order chi connectivity index (χ1) is 12.1. The van der Waals surface area contributed by atoms with Gasteiger partial charge in [0.25, 0.3) is 0 Å². The van der Waals surface area contributed by atoms with Gasteiger partial charge in [-0.25, -0.2) is 4.79 Å². The van der Waals surface area contributed by atoms with Gasteiger partial charge in [-0.05, 0) is 49.9 Å². The van der Waals surface area contributed by atoms with E-state index >= 15 is 0 Å². The van der Waals surface area contributed by atoms with E-state index in [9.17, 15) is 4.79 Å². The lowest BCUT2D eigenvalue weighted by molar-refractivity contribution is 0.123. The molecule has 0 aromatic heterocycles. The number of thioether (sulfide) groups is 1. The quantitative estimate of drug-likeness (QED) is 0.634. The van der Waals surface area contributed by atoms with Crippen molar-refractivity contribution < 1.29 is 9.53 Å². The Bertz CT molecular complexity index is 633. The van der Waals surface area contributed by atoms with E-state index in [0.29, 0.717) is 6.61 Å². The van der Waals surface area contributed by atoms with E-state index in [4.69, 9.17) is 17.0 Å². The number of thiocarbonyl (C=S) groups is 1. The molecule has 2 saturated heterocycles. The molecule has 0 radical (unpaired) electrons. The van der Waals surface area contributed by atoms with Crippen molar-refractivity contribution in [1.29, 1.82) is 0 Å². The summed E-state index contributed by atoms with van der Waals surface area (Å²) in [6.45, 7) is 4.36. The lowest BCUT2D eigenvalue weighted by Crippen LogP contribution is -2.50. The fraction of sp³-hybridized carbons (Fsp3) is 0.556. The van der Waals surface area contributed by atoms with Gasteiger partial charge < -0.3 is 15.0 Å². The van der Waals surface area contributed by atoms with Crippen molar-refractivity contribution in [3.63, 3.8) is 0 Å². The van der Waals surface area contributed by atoms with Crippen LogP contribution in [0.3, 0.4) is 0 Å². The normalized spacial score (nSPS) is 21.4. The lowest BCUT2D eigenvalue weighted by Gasteiger charge is -2.38. The van der Waals surface area contributed by atoms with Gasteiger partial charge in [-0.3, -0.25) is 4.90 Å². The summed E-state index contributed by atoms with van der Waals surface area (Å²) in [5.74, 6) is 0. The Labute approximate surface area is 159 Å². The lowest BCUT2D eigenvalue weighted by atomic mass is 10.0. The first kappa shape index (κ1) is 18.3. The molecule has 0 bridgehead atoms. The van der Waals surface area contributed by atoms with E-state index in [-0.39, 0.29) is 18.2 Å². The minimum Gasteiger partial charge on any atom is -0.447 e. The molecule has 7 heteroatoms. The Morgan fingerprint density at radius 3 is 2.76 bits per heavy atom. The number of rotatable bonds is 4. The molecule has 25 heavy (non-hydrogen) atoms. The molecule has 3 rings (SSSR count). The fourth-order valence-corrected chi connectivity index (χ4v) is 4.37. The molecule has 1 atom stereocenters. The predicted octanol–water partition coefficient (Wildman–Crippen LogP) is 3.80. The third kappa shape index (κ3) is 4.03. The maximum Gasteiger partial charge on any atom is 0.410 e. The molecule has 1 amide bonds.